The maximum atomic E-state index is 4.85. The Morgan fingerprint density at radius 1 is 0.531 bits per heavy atom. The summed E-state index contributed by atoms with van der Waals surface area (Å²) in [5.41, 5.74) is 5.74. The van der Waals surface area contributed by atoms with Crippen LogP contribution in [0.3, 0.4) is 0 Å². The van der Waals surface area contributed by atoms with Crippen LogP contribution in [0, 0.1) is 0 Å². The number of rotatable bonds is 4. The highest BCUT2D eigenvalue weighted by Gasteiger charge is 2.22. The normalized spacial score (nSPS) is 11.1. The summed E-state index contributed by atoms with van der Waals surface area (Å²) in [4.78, 5) is 2.52. The maximum Gasteiger partial charge on any atom is 0.0925 e. The van der Waals surface area contributed by atoms with Crippen LogP contribution in [0.1, 0.15) is 0 Å². The van der Waals surface area contributed by atoms with Crippen LogP contribution >= 0.6 is 11.3 Å². The van der Waals surface area contributed by atoms with Gasteiger partial charge >= 0.3 is 0 Å². The Kier molecular flexibility index (Phi) is 4.67. The first kappa shape index (κ1) is 18.8. The largest absolute Gasteiger partial charge is 0.232 e. The summed E-state index contributed by atoms with van der Waals surface area (Å²) in [5, 5.41) is 7.38. The SMILES string of the molecule is c1ccc(-c2cnn(-c3ccccc3)c2-c2sc(-c3ccccc3)c3ccccc23)cc1. The highest BCUT2D eigenvalue weighted by Crippen LogP contribution is 2.47. The number of thiophene rings is 1. The molecule has 152 valence electrons. The van der Waals surface area contributed by atoms with Crippen LogP contribution < -0.4 is 0 Å². The smallest absolute Gasteiger partial charge is 0.0925 e. The van der Waals surface area contributed by atoms with Gasteiger partial charge in [0.2, 0.25) is 0 Å². The second-order valence-electron chi connectivity index (χ2n) is 7.69. The highest BCUT2D eigenvalue weighted by atomic mass is 32.1. The molecule has 0 amide bonds. The molecule has 0 unspecified atom stereocenters. The van der Waals surface area contributed by atoms with Crippen LogP contribution in [0.25, 0.3) is 48.6 Å². The molecule has 2 aromatic heterocycles. The molecule has 0 saturated carbocycles. The summed E-state index contributed by atoms with van der Waals surface area (Å²) in [5.74, 6) is 0. The van der Waals surface area contributed by atoms with Gasteiger partial charge in [0.05, 0.1) is 22.5 Å². The summed E-state index contributed by atoms with van der Waals surface area (Å²) in [7, 11) is 0. The van der Waals surface area contributed by atoms with E-state index in [2.05, 4.69) is 114 Å². The number of hydrogen-bond acceptors (Lipinski definition) is 2. The van der Waals surface area contributed by atoms with Gasteiger partial charge in [-0.2, -0.15) is 5.10 Å². The molecule has 0 saturated heterocycles. The molecule has 0 spiro atoms. The molecule has 0 aliphatic carbocycles. The Morgan fingerprint density at radius 2 is 1.06 bits per heavy atom. The number of aromatic nitrogens is 2. The highest BCUT2D eigenvalue weighted by molar-refractivity contribution is 7.21. The zero-order valence-corrected chi connectivity index (χ0v) is 18.2. The van der Waals surface area contributed by atoms with E-state index < -0.39 is 0 Å². The molecular formula is C29H20N2S. The summed E-state index contributed by atoms with van der Waals surface area (Å²) >= 11 is 1.84. The third-order valence-corrected chi connectivity index (χ3v) is 7.00. The van der Waals surface area contributed by atoms with E-state index >= 15 is 0 Å². The van der Waals surface area contributed by atoms with Crippen LogP contribution in [0.15, 0.2) is 121 Å². The summed E-state index contributed by atoms with van der Waals surface area (Å²) in [6.45, 7) is 0. The van der Waals surface area contributed by atoms with E-state index in [9.17, 15) is 0 Å². The van der Waals surface area contributed by atoms with Crippen molar-refractivity contribution >= 4 is 22.1 Å². The fourth-order valence-corrected chi connectivity index (χ4v) is 5.56. The van der Waals surface area contributed by atoms with Crippen molar-refractivity contribution in [1.82, 2.24) is 9.78 Å². The van der Waals surface area contributed by atoms with Crippen molar-refractivity contribution in [2.75, 3.05) is 0 Å². The summed E-state index contributed by atoms with van der Waals surface area (Å²) < 4.78 is 2.08. The van der Waals surface area contributed by atoms with E-state index in [1.54, 1.807) is 0 Å². The molecule has 3 heteroatoms. The molecule has 0 fully saturated rings. The molecule has 0 radical (unpaired) electrons. The summed E-state index contributed by atoms with van der Waals surface area (Å²) in [6.07, 6.45) is 1.99. The Hall–Kier alpha value is -3.95. The molecule has 32 heavy (non-hydrogen) atoms. The van der Waals surface area contributed by atoms with Crippen LogP contribution in [-0.4, -0.2) is 9.78 Å². The Morgan fingerprint density at radius 3 is 1.72 bits per heavy atom. The van der Waals surface area contributed by atoms with Crippen LogP contribution in [0.4, 0.5) is 0 Å². The van der Waals surface area contributed by atoms with Gasteiger partial charge in [-0.25, -0.2) is 4.68 Å². The fraction of sp³-hybridized carbons (Fsp3) is 0. The van der Waals surface area contributed by atoms with Gasteiger partial charge in [0.15, 0.2) is 0 Å². The molecule has 6 rings (SSSR count). The quantitative estimate of drug-likeness (QED) is 0.277. The van der Waals surface area contributed by atoms with E-state index in [0.717, 1.165) is 16.9 Å². The van der Waals surface area contributed by atoms with Gasteiger partial charge in [0, 0.05) is 21.2 Å². The van der Waals surface area contributed by atoms with Crippen LogP contribution in [0.5, 0.6) is 0 Å². The van der Waals surface area contributed by atoms with Gasteiger partial charge in [0.25, 0.3) is 0 Å². The zero-order chi connectivity index (χ0) is 21.3. The molecule has 0 atom stereocenters. The molecule has 0 bridgehead atoms. The average molecular weight is 429 g/mol. The van der Waals surface area contributed by atoms with E-state index in [4.69, 9.17) is 5.10 Å². The number of fused-ring (bicyclic) bond motifs is 1. The van der Waals surface area contributed by atoms with E-state index in [-0.39, 0.29) is 0 Å². The number of para-hydroxylation sites is 1. The second kappa shape index (κ2) is 7.95. The Labute approximate surface area is 191 Å². The minimum atomic E-state index is 1.06. The monoisotopic (exact) mass is 428 g/mol. The van der Waals surface area contributed by atoms with Crippen LogP contribution in [-0.2, 0) is 0 Å². The van der Waals surface area contributed by atoms with Gasteiger partial charge in [-0.1, -0.05) is 103 Å². The lowest BCUT2D eigenvalue weighted by molar-refractivity contribution is 0.890. The molecule has 4 aromatic carbocycles. The lowest BCUT2D eigenvalue weighted by Crippen LogP contribution is -1.98. The topological polar surface area (TPSA) is 17.8 Å². The van der Waals surface area contributed by atoms with E-state index in [0.29, 0.717) is 0 Å². The van der Waals surface area contributed by atoms with Gasteiger partial charge in [-0.3, -0.25) is 0 Å². The molecule has 2 heterocycles. The van der Waals surface area contributed by atoms with E-state index in [1.807, 2.05) is 23.6 Å². The predicted octanol–water partition coefficient (Wildman–Crippen LogP) is 8.09. The maximum absolute atomic E-state index is 4.85. The zero-order valence-electron chi connectivity index (χ0n) is 17.3. The van der Waals surface area contributed by atoms with Crippen molar-refractivity contribution < 1.29 is 0 Å². The van der Waals surface area contributed by atoms with Gasteiger partial charge in [0.1, 0.15) is 0 Å². The first-order valence-corrected chi connectivity index (χ1v) is 11.5. The molecule has 2 nitrogen and oxygen atoms in total. The molecule has 0 aliphatic heterocycles. The Balaban J connectivity index is 1.68. The first-order valence-electron chi connectivity index (χ1n) is 10.7. The standard InChI is InChI=1S/C29H20N2S/c1-4-12-21(13-5-1)26-20-30-31(23-16-8-3-9-17-23)27(26)29-25-19-11-10-18-24(25)28(32-29)22-14-6-2-7-15-22/h1-20H. The van der Waals surface area contributed by atoms with Crippen molar-refractivity contribution in [2.24, 2.45) is 0 Å². The third kappa shape index (κ3) is 3.15. The van der Waals surface area contributed by atoms with Gasteiger partial charge < -0.3 is 0 Å². The number of hydrogen-bond donors (Lipinski definition) is 0. The van der Waals surface area contributed by atoms with Crippen molar-refractivity contribution in [3.63, 3.8) is 0 Å². The molecule has 0 N–H and O–H groups in total. The number of benzene rings is 4. The second-order valence-corrected chi connectivity index (χ2v) is 8.71. The average Bonchev–Trinajstić information content (AvgIpc) is 3.48. The molecule has 6 aromatic rings. The minimum Gasteiger partial charge on any atom is -0.232 e. The van der Waals surface area contributed by atoms with Crippen LogP contribution in [0.2, 0.25) is 0 Å². The van der Waals surface area contributed by atoms with Crippen molar-refractivity contribution in [3.05, 3.63) is 121 Å². The number of nitrogens with zero attached hydrogens (tertiary/aromatic N) is 2. The minimum absolute atomic E-state index is 1.06. The van der Waals surface area contributed by atoms with Gasteiger partial charge in [-0.15, -0.1) is 11.3 Å². The fourth-order valence-electron chi connectivity index (χ4n) is 4.23. The molecular weight excluding hydrogens is 408 g/mol. The molecule has 0 aliphatic rings. The van der Waals surface area contributed by atoms with Crippen molar-refractivity contribution in [1.29, 1.82) is 0 Å². The first-order chi connectivity index (χ1) is 15.9. The Bertz CT molecular complexity index is 1440. The van der Waals surface area contributed by atoms with E-state index in [1.165, 1.54) is 31.7 Å². The third-order valence-electron chi connectivity index (χ3n) is 5.73. The predicted molar refractivity (Wildman–Crippen MR) is 135 cm³/mol. The van der Waals surface area contributed by atoms with Crippen molar-refractivity contribution in [3.8, 4) is 37.8 Å². The van der Waals surface area contributed by atoms with Crippen molar-refractivity contribution in [2.45, 2.75) is 0 Å². The van der Waals surface area contributed by atoms with Gasteiger partial charge in [-0.05, 0) is 23.3 Å². The summed E-state index contributed by atoms with van der Waals surface area (Å²) in [6, 6.07) is 40.3. The lowest BCUT2D eigenvalue weighted by Gasteiger charge is -2.09. The lowest BCUT2D eigenvalue weighted by atomic mass is 10.0.